The van der Waals surface area contributed by atoms with Crippen molar-refractivity contribution in [2.75, 3.05) is 4.72 Å². The standard InChI is InChI=1S/C11H5Cl3N2O2S2/c12-6-3-8(13)11(9(14)4-6)16-20(17,18)10-2-1-7(5-15)19-10/h1-4,16H. The summed E-state index contributed by atoms with van der Waals surface area (Å²) >= 11 is 18.4. The van der Waals surface area contributed by atoms with E-state index in [1.807, 2.05) is 6.07 Å². The van der Waals surface area contributed by atoms with Crippen LogP contribution in [-0.4, -0.2) is 8.42 Å². The van der Waals surface area contributed by atoms with Gasteiger partial charge in [0.15, 0.2) is 0 Å². The summed E-state index contributed by atoms with van der Waals surface area (Å²) < 4.78 is 26.6. The molecule has 0 saturated carbocycles. The summed E-state index contributed by atoms with van der Waals surface area (Å²) in [6.45, 7) is 0. The molecular formula is C11H5Cl3N2O2S2. The third-order valence-electron chi connectivity index (χ3n) is 2.20. The Morgan fingerprint density at radius 3 is 2.25 bits per heavy atom. The van der Waals surface area contributed by atoms with Crippen LogP contribution in [0.2, 0.25) is 15.1 Å². The number of nitriles is 1. The molecule has 1 N–H and O–H groups in total. The van der Waals surface area contributed by atoms with E-state index in [1.54, 1.807) is 0 Å². The number of rotatable bonds is 3. The summed E-state index contributed by atoms with van der Waals surface area (Å²) in [5.41, 5.74) is 0.0460. The van der Waals surface area contributed by atoms with Crippen molar-refractivity contribution < 1.29 is 8.42 Å². The normalized spacial score (nSPS) is 11.1. The average Bonchev–Trinajstić information content (AvgIpc) is 2.83. The number of benzene rings is 1. The molecule has 2 aromatic rings. The van der Waals surface area contributed by atoms with Crippen molar-refractivity contribution in [3.8, 4) is 6.07 Å². The van der Waals surface area contributed by atoms with Gasteiger partial charge in [0.1, 0.15) is 15.2 Å². The van der Waals surface area contributed by atoms with Gasteiger partial charge in [-0.3, -0.25) is 4.72 Å². The van der Waals surface area contributed by atoms with Gasteiger partial charge in [-0.25, -0.2) is 8.42 Å². The van der Waals surface area contributed by atoms with Gasteiger partial charge < -0.3 is 0 Å². The van der Waals surface area contributed by atoms with Gasteiger partial charge in [0.25, 0.3) is 10.0 Å². The molecule has 0 aliphatic heterocycles. The minimum atomic E-state index is -3.86. The van der Waals surface area contributed by atoms with Crippen LogP contribution in [0.4, 0.5) is 5.69 Å². The van der Waals surface area contributed by atoms with Crippen molar-refractivity contribution in [1.82, 2.24) is 0 Å². The molecule has 0 radical (unpaired) electrons. The van der Waals surface area contributed by atoms with Crippen LogP contribution in [0.3, 0.4) is 0 Å². The van der Waals surface area contributed by atoms with E-state index < -0.39 is 10.0 Å². The maximum atomic E-state index is 12.2. The van der Waals surface area contributed by atoms with Crippen LogP contribution in [-0.2, 0) is 10.0 Å². The van der Waals surface area contributed by atoms with Gasteiger partial charge in [0.2, 0.25) is 0 Å². The van der Waals surface area contributed by atoms with Crippen molar-refractivity contribution >= 4 is 61.9 Å². The topological polar surface area (TPSA) is 70.0 Å². The summed E-state index contributed by atoms with van der Waals surface area (Å²) in [6, 6.07) is 7.38. The Bertz CT molecular complexity index is 786. The number of thiophene rings is 1. The van der Waals surface area contributed by atoms with E-state index in [0.29, 0.717) is 9.90 Å². The van der Waals surface area contributed by atoms with Gasteiger partial charge >= 0.3 is 0 Å². The predicted molar refractivity (Wildman–Crippen MR) is 81.3 cm³/mol. The van der Waals surface area contributed by atoms with Crippen LogP contribution >= 0.6 is 46.1 Å². The van der Waals surface area contributed by atoms with Gasteiger partial charge in [0, 0.05) is 5.02 Å². The lowest BCUT2D eigenvalue weighted by Crippen LogP contribution is -2.12. The van der Waals surface area contributed by atoms with Crippen LogP contribution in [0.25, 0.3) is 0 Å². The second-order valence-electron chi connectivity index (χ2n) is 3.58. The minimum Gasteiger partial charge on any atom is -0.276 e. The third-order valence-corrected chi connectivity index (χ3v) is 5.85. The van der Waals surface area contributed by atoms with E-state index in [1.165, 1.54) is 24.3 Å². The fourth-order valence-electron chi connectivity index (χ4n) is 1.35. The predicted octanol–water partition coefficient (Wildman–Crippen LogP) is 4.38. The zero-order chi connectivity index (χ0) is 14.9. The number of nitrogens with one attached hydrogen (secondary N) is 1. The van der Waals surface area contributed by atoms with Gasteiger partial charge in [-0.1, -0.05) is 34.8 Å². The molecular weight excluding hydrogens is 363 g/mol. The molecule has 0 aliphatic carbocycles. The van der Waals surface area contributed by atoms with Crippen LogP contribution in [0.1, 0.15) is 4.88 Å². The van der Waals surface area contributed by atoms with E-state index >= 15 is 0 Å². The maximum absolute atomic E-state index is 12.2. The van der Waals surface area contributed by atoms with E-state index in [2.05, 4.69) is 4.72 Å². The quantitative estimate of drug-likeness (QED) is 0.875. The molecule has 0 fully saturated rings. The first-order valence-electron chi connectivity index (χ1n) is 5.01. The lowest BCUT2D eigenvalue weighted by Gasteiger charge is -2.10. The van der Waals surface area contributed by atoms with E-state index in [0.717, 1.165) is 11.3 Å². The number of anilines is 1. The lowest BCUT2D eigenvalue weighted by atomic mass is 10.3. The molecule has 0 unspecified atom stereocenters. The molecule has 0 atom stereocenters. The number of sulfonamides is 1. The fraction of sp³-hybridized carbons (Fsp3) is 0. The van der Waals surface area contributed by atoms with E-state index in [-0.39, 0.29) is 19.9 Å². The first kappa shape index (κ1) is 15.4. The van der Waals surface area contributed by atoms with Crippen LogP contribution < -0.4 is 4.72 Å². The van der Waals surface area contributed by atoms with Gasteiger partial charge in [-0.05, 0) is 24.3 Å². The number of halogens is 3. The third kappa shape index (κ3) is 3.19. The molecule has 0 spiro atoms. The first-order chi connectivity index (χ1) is 9.33. The second kappa shape index (κ2) is 5.80. The molecule has 20 heavy (non-hydrogen) atoms. The Morgan fingerprint density at radius 2 is 1.75 bits per heavy atom. The molecule has 1 heterocycles. The van der Waals surface area contributed by atoms with Crippen molar-refractivity contribution in [2.45, 2.75) is 4.21 Å². The highest BCUT2D eigenvalue weighted by atomic mass is 35.5. The highest BCUT2D eigenvalue weighted by molar-refractivity contribution is 7.94. The number of hydrogen-bond acceptors (Lipinski definition) is 4. The van der Waals surface area contributed by atoms with Gasteiger partial charge in [0.05, 0.1) is 15.7 Å². The van der Waals surface area contributed by atoms with E-state index in [9.17, 15) is 8.42 Å². The zero-order valence-corrected chi connectivity index (χ0v) is 13.4. The molecule has 104 valence electrons. The van der Waals surface area contributed by atoms with Crippen LogP contribution in [0.15, 0.2) is 28.5 Å². The Hall–Kier alpha value is -0.970. The molecule has 0 bridgehead atoms. The van der Waals surface area contributed by atoms with Crippen LogP contribution in [0.5, 0.6) is 0 Å². The van der Waals surface area contributed by atoms with Gasteiger partial charge in [-0.15, -0.1) is 11.3 Å². The summed E-state index contributed by atoms with van der Waals surface area (Å²) in [6.07, 6.45) is 0. The summed E-state index contributed by atoms with van der Waals surface area (Å²) in [4.78, 5) is 0.290. The number of hydrogen-bond donors (Lipinski definition) is 1. The average molecular weight is 368 g/mol. The Balaban J connectivity index is 2.41. The number of nitrogens with zero attached hydrogens (tertiary/aromatic N) is 1. The molecule has 1 aromatic carbocycles. The highest BCUT2D eigenvalue weighted by Gasteiger charge is 2.20. The fourth-order valence-corrected chi connectivity index (χ4v) is 4.58. The zero-order valence-electron chi connectivity index (χ0n) is 9.52. The second-order valence-corrected chi connectivity index (χ2v) is 7.82. The van der Waals surface area contributed by atoms with E-state index in [4.69, 9.17) is 40.1 Å². The smallest absolute Gasteiger partial charge is 0.271 e. The summed E-state index contributed by atoms with van der Waals surface area (Å²) in [5, 5.41) is 9.18. The molecule has 2 rings (SSSR count). The molecule has 0 aliphatic rings. The highest BCUT2D eigenvalue weighted by Crippen LogP contribution is 2.35. The molecule has 0 saturated heterocycles. The molecule has 1 aromatic heterocycles. The Kier molecular flexibility index (Phi) is 4.47. The monoisotopic (exact) mass is 366 g/mol. The molecule has 0 amide bonds. The SMILES string of the molecule is N#Cc1ccc(S(=O)(=O)Nc2c(Cl)cc(Cl)cc2Cl)s1. The maximum Gasteiger partial charge on any atom is 0.271 e. The van der Waals surface area contributed by atoms with Crippen molar-refractivity contribution in [3.05, 3.63) is 44.2 Å². The first-order valence-corrected chi connectivity index (χ1v) is 8.44. The molecule has 4 nitrogen and oxygen atoms in total. The van der Waals surface area contributed by atoms with Crippen molar-refractivity contribution in [2.24, 2.45) is 0 Å². The molecule has 9 heteroatoms. The van der Waals surface area contributed by atoms with Crippen LogP contribution in [0, 0.1) is 11.3 Å². The summed E-state index contributed by atoms with van der Waals surface area (Å²) in [5.74, 6) is 0. The summed E-state index contributed by atoms with van der Waals surface area (Å²) in [7, 11) is -3.86. The Morgan fingerprint density at radius 1 is 1.15 bits per heavy atom. The lowest BCUT2D eigenvalue weighted by molar-refractivity contribution is 0.603. The van der Waals surface area contributed by atoms with Crippen molar-refractivity contribution in [1.29, 1.82) is 5.26 Å². The van der Waals surface area contributed by atoms with Gasteiger partial charge in [-0.2, -0.15) is 5.26 Å². The minimum absolute atomic E-state index is 0.00358. The van der Waals surface area contributed by atoms with Crippen molar-refractivity contribution in [3.63, 3.8) is 0 Å². The Labute approximate surface area is 134 Å². The largest absolute Gasteiger partial charge is 0.276 e.